The molecule has 1 aromatic rings. The predicted molar refractivity (Wildman–Crippen MR) is 65.2 cm³/mol. The van der Waals surface area contributed by atoms with E-state index in [1.54, 1.807) is 18.5 Å². The molecule has 0 atom stereocenters. The predicted octanol–water partition coefficient (Wildman–Crippen LogP) is 1.18. The maximum atomic E-state index is 11.9. The number of anilines is 1. The lowest BCUT2D eigenvalue weighted by molar-refractivity contribution is -0.121. The Kier molecular flexibility index (Phi) is 4.03. The Morgan fingerprint density at radius 2 is 1.94 bits per heavy atom. The lowest BCUT2D eigenvalue weighted by Gasteiger charge is -2.26. The Balaban J connectivity index is 1.85. The molecular formula is C12H18N4O. The number of carbonyl (C=O) groups is 1. The molecule has 1 fully saturated rings. The summed E-state index contributed by atoms with van der Waals surface area (Å²) < 4.78 is 0. The van der Waals surface area contributed by atoms with Crippen LogP contribution in [0.4, 0.5) is 5.95 Å². The van der Waals surface area contributed by atoms with E-state index in [0.29, 0.717) is 11.9 Å². The van der Waals surface area contributed by atoms with Crippen LogP contribution in [0.3, 0.4) is 0 Å². The first-order valence-corrected chi connectivity index (χ1v) is 6.07. The van der Waals surface area contributed by atoms with Crippen molar-refractivity contribution in [3.05, 3.63) is 18.5 Å². The third-order valence-corrected chi connectivity index (χ3v) is 3.35. The summed E-state index contributed by atoms with van der Waals surface area (Å²) in [4.78, 5) is 19.9. The molecule has 1 aliphatic carbocycles. The van der Waals surface area contributed by atoms with Crippen LogP contribution in [0, 0.1) is 11.8 Å². The lowest BCUT2D eigenvalue weighted by atomic mass is 9.81. The summed E-state index contributed by atoms with van der Waals surface area (Å²) in [6.45, 7) is 0.732. The van der Waals surface area contributed by atoms with Gasteiger partial charge in [-0.2, -0.15) is 0 Å². The first-order chi connectivity index (χ1) is 8.29. The van der Waals surface area contributed by atoms with Gasteiger partial charge in [-0.05, 0) is 44.2 Å². The van der Waals surface area contributed by atoms with Gasteiger partial charge in [0.15, 0.2) is 0 Å². The zero-order chi connectivity index (χ0) is 12.1. The standard InChI is InChI=1S/C12H18N4O/c13-8-9-2-4-10(5-3-9)11(17)16-12-14-6-1-7-15-12/h1,6-7,9-10H,2-5,8,13H2,(H,14,15,16,17). The summed E-state index contributed by atoms with van der Waals surface area (Å²) in [6.07, 6.45) is 7.16. The quantitative estimate of drug-likeness (QED) is 0.823. The highest BCUT2D eigenvalue weighted by atomic mass is 16.2. The summed E-state index contributed by atoms with van der Waals surface area (Å²) in [5.41, 5.74) is 5.63. The van der Waals surface area contributed by atoms with E-state index in [9.17, 15) is 4.79 Å². The van der Waals surface area contributed by atoms with Gasteiger partial charge in [0.05, 0.1) is 0 Å². The number of aromatic nitrogens is 2. The molecule has 0 unspecified atom stereocenters. The fourth-order valence-corrected chi connectivity index (χ4v) is 2.24. The normalized spacial score (nSPS) is 24.3. The van der Waals surface area contributed by atoms with Gasteiger partial charge in [0.2, 0.25) is 11.9 Å². The Labute approximate surface area is 101 Å². The number of hydrogen-bond donors (Lipinski definition) is 2. The molecule has 92 valence electrons. The van der Waals surface area contributed by atoms with Crippen LogP contribution < -0.4 is 11.1 Å². The molecule has 17 heavy (non-hydrogen) atoms. The molecule has 0 radical (unpaired) electrons. The first kappa shape index (κ1) is 12.0. The summed E-state index contributed by atoms with van der Waals surface area (Å²) in [6, 6.07) is 1.72. The highest BCUT2D eigenvalue weighted by Crippen LogP contribution is 2.28. The molecule has 0 spiro atoms. The second-order valence-corrected chi connectivity index (χ2v) is 4.52. The Morgan fingerprint density at radius 3 is 2.53 bits per heavy atom. The highest BCUT2D eigenvalue weighted by Gasteiger charge is 2.25. The number of nitrogens with two attached hydrogens (primary N) is 1. The zero-order valence-corrected chi connectivity index (χ0v) is 9.80. The fraction of sp³-hybridized carbons (Fsp3) is 0.583. The molecule has 2 rings (SSSR count). The van der Waals surface area contributed by atoms with Crippen LogP contribution in [0.1, 0.15) is 25.7 Å². The Hall–Kier alpha value is -1.49. The molecule has 0 bridgehead atoms. The van der Waals surface area contributed by atoms with E-state index in [1.807, 2.05) is 0 Å². The molecule has 1 saturated carbocycles. The second kappa shape index (κ2) is 5.72. The summed E-state index contributed by atoms with van der Waals surface area (Å²) >= 11 is 0. The van der Waals surface area contributed by atoms with E-state index in [0.717, 1.165) is 32.2 Å². The van der Waals surface area contributed by atoms with Gasteiger partial charge in [-0.15, -0.1) is 0 Å². The van der Waals surface area contributed by atoms with Crippen molar-refractivity contribution in [2.45, 2.75) is 25.7 Å². The fourth-order valence-electron chi connectivity index (χ4n) is 2.24. The molecular weight excluding hydrogens is 216 g/mol. The van der Waals surface area contributed by atoms with Gasteiger partial charge in [0.1, 0.15) is 0 Å². The zero-order valence-electron chi connectivity index (χ0n) is 9.80. The van der Waals surface area contributed by atoms with E-state index in [1.165, 1.54) is 0 Å². The van der Waals surface area contributed by atoms with Crippen molar-refractivity contribution in [2.24, 2.45) is 17.6 Å². The van der Waals surface area contributed by atoms with Gasteiger partial charge in [0, 0.05) is 18.3 Å². The largest absolute Gasteiger partial charge is 0.330 e. The van der Waals surface area contributed by atoms with Crippen molar-refractivity contribution >= 4 is 11.9 Å². The molecule has 1 amide bonds. The second-order valence-electron chi connectivity index (χ2n) is 4.52. The highest BCUT2D eigenvalue weighted by molar-refractivity contribution is 5.90. The number of rotatable bonds is 3. The number of amides is 1. The van der Waals surface area contributed by atoms with Crippen molar-refractivity contribution in [3.63, 3.8) is 0 Å². The van der Waals surface area contributed by atoms with E-state index >= 15 is 0 Å². The van der Waals surface area contributed by atoms with Crippen molar-refractivity contribution in [1.29, 1.82) is 0 Å². The van der Waals surface area contributed by atoms with Crippen molar-refractivity contribution < 1.29 is 4.79 Å². The summed E-state index contributed by atoms with van der Waals surface area (Å²) in [5.74, 6) is 1.10. The summed E-state index contributed by atoms with van der Waals surface area (Å²) in [7, 11) is 0. The SMILES string of the molecule is NCC1CCC(C(=O)Nc2ncccn2)CC1. The third kappa shape index (κ3) is 3.23. The average Bonchev–Trinajstić information content (AvgIpc) is 2.40. The number of carbonyl (C=O) groups excluding carboxylic acids is 1. The minimum Gasteiger partial charge on any atom is -0.330 e. The monoisotopic (exact) mass is 234 g/mol. The van der Waals surface area contributed by atoms with Gasteiger partial charge in [-0.1, -0.05) is 0 Å². The minimum absolute atomic E-state index is 0.0340. The average molecular weight is 234 g/mol. The van der Waals surface area contributed by atoms with Crippen LogP contribution in [0.25, 0.3) is 0 Å². The van der Waals surface area contributed by atoms with Crippen LogP contribution in [0.15, 0.2) is 18.5 Å². The topological polar surface area (TPSA) is 80.9 Å². The number of nitrogens with one attached hydrogen (secondary N) is 1. The molecule has 5 nitrogen and oxygen atoms in total. The van der Waals surface area contributed by atoms with Gasteiger partial charge < -0.3 is 5.73 Å². The molecule has 0 aliphatic heterocycles. The maximum Gasteiger partial charge on any atom is 0.229 e. The van der Waals surface area contributed by atoms with Gasteiger partial charge in [-0.3, -0.25) is 10.1 Å². The van der Waals surface area contributed by atoms with Crippen molar-refractivity contribution in [1.82, 2.24) is 9.97 Å². The van der Waals surface area contributed by atoms with Crippen LogP contribution in [-0.4, -0.2) is 22.4 Å². The van der Waals surface area contributed by atoms with Crippen LogP contribution >= 0.6 is 0 Å². The Morgan fingerprint density at radius 1 is 1.29 bits per heavy atom. The van der Waals surface area contributed by atoms with Crippen molar-refractivity contribution in [3.8, 4) is 0 Å². The number of nitrogens with zero attached hydrogens (tertiary/aromatic N) is 2. The van der Waals surface area contributed by atoms with E-state index < -0.39 is 0 Å². The molecule has 1 aromatic heterocycles. The first-order valence-electron chi connectivity index (χ1n) is 6.07. The van der Waals surface area contributed by atoms with Crippen LogP contribution in [0.2, 0.25) is 0 Å². The van der Waals surface area contributed by atoms with Gasteiger partial charge >= 0.3 is 0 Å². The molecule has 0 aromatic carbocycles. The van der Waals surface area contributed by atoms with Gasteiger partial charge in [-0.25, -0.2) is 9.97 Å². The number of hydrogen-bond acceptors (Lipinski definition) is 4. The summed E-state index contributed by atoms with van der Waals surface area (Å²) in [5, 5.41) is 2.75. The Bertz CT molecular complexity index is 360. The van der Waals surface area contributed by atoms with Crippen LogP contribution in [0.5, 0.6) is 0 Å². The van der Waals surface area contributed by atoms with E-state index in [2.05, 4.69) is 15.3 Å². The minimum atomic E-state index is 0.0340. The smallest absolute Gasteiger partial charge is 0.229 e. The third-order valence-electron chi connectivity index (χ3n) is 3.35. The molecule has 5 heteroatoms. The van der Waals surface area contributed by atoms with Gasteiger partial charge in [0.25, 0.3) is 0 Å². The molecule has 1 aliphatic rings. The van der Waals surface area contributed by atoms with E-state index in [-0.39, 0.29) is 11.8 Å². The lowest BCUT2D eigenvalue weighted by Crippen LogP contribution is -2.29. The maximum absolute atomic E-state index is 11.9. The van der Waals surface area contributed by atoms with E-state index in [4.69, 9.17) is 5.73 Å². The molecule has 3 N–H and O–H groups in total. The molecule has 1 heterocycles. The molecule has 0 saturated heterocycles. The van der Waals surface area contributed by atoms with Crippen molar-refractivity contribution in [2.75, 3.05) is 11.9 Å². The van der Waals surface area contributed by atoms with Crippen LogP contribution in [-0.2, 0) is 4.79 Å².